The molecule has 13 heavy (non-hydrogen) atoms. The molecule has 0 saturated carbocycles. The fraction of sp³-hybridized carbons (Fsp3) is 0.444. The van der Waals surface area contributed by atoms with Gasteiger partial charge in [0.2, 0.25) is 0 Å². The molecule has 0 unspecified atom stereocenters. The van der Waals surface area contributed by atoms with Crippen LogP contribution >= 0.6 is 22.6 Å². The first-order valence-electron chi connectivity index (χ1n) is 4.05. The average molecular weight is 291 g/mol. The van der Waals surface area contributed by atoms with E-state index in [4.69, 9.17) is 9.15 Å². The van der Waals surface area contributed by atoms with Crippen LogP contribution in [-0.2, 0) is 4.74 Å². The van der Waals surface area contributed by atoms with E-state index in [1.807, 2.05) is 26.0 Å². The monoisotopic (exact) mass is 291 g/mol. The molecule has 4 heteroatoms. The van der Waals surface area contributed by atoms with Crippen LogP contribution in [0.5, 0.6) is 0 Å². The molecule has 1 aromatic heterocycles. The molecule has 0 atom stereocenters. The summed E-state index contributed by atoms with van der Waals surface area (Å²) < 4.78 is 11.7. The fourth-order valence-electron chi connectivity index (χ4n) is 1.14. The molecule has 0 N–H and O–H groups in total. The maximum absolute atomic E-state index is 5.42. The highest BCUT2D eigenvalue weighted by atomic mass is 127. The number of nitrogens with zero attached hydrogens (tertiary/aromatic N) is 1. The molecule has 70 valence electrons. The standard InChI is InChI=1S/C9H10INO2/c1-9(2)5-12-8(11-9)6-3-4-7(10)13-6/h3-4H,5H2,1-2H3. The Hall–Kier alpha value is -0.520. The molecule has 0 amide bonds. The Morgan fingerprint density at radius 2 is 2.23 bits per heavy atom. The average Bonchev–Trinajstić information content (AvgIpc) is 2.56. The third kappa shape index (κ3) is 1.87. The highest BCUT2D eigenvalue weighted by Gasteiger charge is 2.28. The van der Waals surface area contributed by atoms with Crippen molar-refractivity contribution in [2.45, 2.75) is 19.4 Å². The highest BCUT2D eigenvalue weighted by Crippen LogP contribution is 2.22. The summed E-state index contributed by atoms with van der Waals surface area (Å²) in [6.45, 7) is 4.70. The van der Waals surface area contributed by atoms with Crippen LogP contribution in [0.1, 0.15) is 19.6 Å². The maximum Gasteiger partial charge on any atom is 0.253 e. The van der Waals surface area contributed by atoms with Crippen LogP contribution in [0.15, 0.2) is 21.5 Å². The molecular weight excluding hydrogens is 281 g/mol. The van der Waals surface area contributed by atoms with E-state index in [2.05, 4.69) is 27.6 Å². The Bertz CT molecular complexity index is 354. The van der Waals surface area contributed by atoms with Gasteiger partial charge in [0, 0.05) is 0 Å². The highest BCUT2D eigenvalue weighted by molar-refractivity contribution is 14.1. The predicted octanol–water partition coefficient (Wildman–Crippen LogP) is 2.44. The largest absolute Gasteiger partial charge is 0.473 e. The SMILES string of the molecule is CC1(C)COC(c2ccc(I)o2)=N1. The second-order valence-electron chi connectivity index (χ2n) is 3.62. The second kappa shape index (κ2) is 3.01. The van der Waals surface area contributed by atoms with Gasteiger partial charge < -0.3 is 9.15 Å². The Balaban J connectivity index is 2.29. The minimum Gasteiger partial charge on any atom is -0.473 e. The summed E-state index contributed by atoms with van der Waals surface area (Å²) in [6, 6.07) is 3.77. The van der Waals surface area contributed by atoms with Gasteiger partial charge in [0.15, 0.2) is 9.53 Å². The van der Waals surface area contributed by atoms with Crippen LogP contribution in [0, 0.1) is 3.77 Å². The zero-order valence-electron chi connectivity index (χ0n) is 7.50. The van der Waals surface area contributed by atoms with Crippen LogP contribution in [0.3, 0.4) is 0 Å². The van der Waals surface area contributed by atoms with Crippen molar-refractivity contribution in [3.8, 4) is 0 Å². The first-order chi connectivity index (χ1) is 6.07. The lowest BCUT2D eigenvalue weighted by atomic mass is 10.1. The van der Waals surface area contributed by atoms with Gasteiger partial charge in [0.05, 0.1) is 5.54 Å². The van der Waals surface area contributed by atoms with Gasteiger partial charge in [-0.15, -0.1) is 0 Å². The van der Waals surface area contributed by atoms with Crippen LogP contribution < -0.4 is 0 Å². The number of ether oxygens (including phenoxy) is 1. The van der Waals surface area contributed by atoms with Crippen molar-refractivity contribution in [1.29, 1.82) is 0 Å². The van der Waals surface area contributed by atoms with Gasteiger partial charge >= 0.3 is 0 Å². The molecule has 1 aromatic rings. The van der Waals surface area contributed by atoms with E-state index in [0.29, 0.717) is 12.5 Å². The van der Waals surface area contributed by atoms with E-state index in [9.17, 15) is 0 Å². The smallest absolute Gasteiger partial charge is 0.253 e. The zero-order chi connectivity index (χ0) is 9.47. The molecule has 1 aliphatic heterocycles. The topological polar surface area (TPSA) is 34.7 Å². The van der Waals surface area contributed by atoms with E-state index >= 15 is 0 Å². The number of hydrogen-bond acceptors (Lipinski definition) is 3. The summed E-state index contributed by atoms with van der Waals surface area (Å²) in [7, 11) is 0. The number of hydrogen-bond donors (Lipinski definition) is 0. The number of furan rings is 1. The van der Waals surface area contributed by atoms with Gasteiger partial charge in [-0.3, -0.25) is 0 Å². The molecule has 0 radical (unpaired) electrons. The summed E-state index contributed by atoms with van der Waals surface area (Å²) >= 11 is 2.12. The summed E-state index contributed by atoms with van der Waals surface area (Å²) in [5.41, 5.74) is -0.118. The third-order valence-corrected chi connectivity index (χ3v) is 2.33. The van der Waals surface area contributed by atoms with Crippen molar-refractivity contribution in [1.82, 2.24) is 0 Å². The van der Waals surface area contributed by atoms with Crippen molar-refractivity contribution in [2.75, 3.05) is 6.61 Å². The Labute approximate surface area is 90.3 Å². The Morgan fingerprint density at radius 3 is 2.69 bits per heavy atom. The fourth-order valence-corrected chi connectivity index (χ4v) is 1.56. The van der Waals surface area contributed by atoms with Crippen LogP contribution in [0.2, 0.25) is 0 Å². The van der Waals surface area contributed by atoms with Crippen molar-refractivity contribution < 1.29 is 9.15 Å². The summed E-state index contributed by atoms with van der Waals surface area (Å²) in [5, 5.41) is 0. The van der Waals surface area contributed by atoms with Crippen molar-refractivity contribution in [3.05, 3.63) is 21.7 Å². The number of halogens is 1. The van der Waals surface area contributed by atoms with Gasteiger partial charge in [-0.05, 0) is 48.6 Å². The summed E-state index contributed by atoms with van der Waals surface area (Å²) in [6.07, 6.45) is 0. The lowest BCUT2D eigenvalue weighted by Crippen LogP contribution is -2.17. The van der Waals surface area contributed by atoms with Gasteiger partial charge in [0.1, 0.15) is 6.61 Å². The van der Waals surface area contributed by atoms with Gasteiger partial charge in [-0.25, -0.2) is 4.99 Å². The molecule has 0 aromatic carbocycles. The third-order valence-electron chi connectivity index (χ3n) is 1.75. The molecule has 0 saturated heterocycles. The van der Waals surface area contributed by atoms with E-state index in [1.54, 1.807) is 0 Å². The summed E-state index contributed by atoms with van der Waals surface area (Å²) in [5.74, 6) is 1.34. The molecular formula is C9H10INO2. The van der Waals surface area contributed by atoms with E-state index in [1.165, 1.54) is 0 Å². The summed E-state index contributed by atoms with van der Waals surface area (Å²) in [4.78, 5) is 4.40. The predicted molar refractivity (Wildman–Crippen MR) is 58.0 cm³/mol. The number of rotatable bonds is 1. The van der Waals surface area contributed by atoms with E-state index in [-0.39, 0.29) is 5.54 Å². The van der Waals surface area contributed by atoms with Gasteiger partial charge in [-0.2, -0.15) is 0 Å². The molecule has 0 fully saturated rings. The van der Waals surface area contributed by atoms with Crippen LogP contribution in [-0.4, -0.2) is 18.0 Å². The van der Waals surface area contributed by atoms with Crippen molar-refractivity contribution >= 4 is 28.5 Å². The zero-order valence-corrected chi connectivity index (χ0v) is 9.66. The first-order valence-corrected chi connectivity index (χ1v) is 5.13. The Kier molecular flexibility index (Phi) is 2.09. The number of aliphatic imine (C=N–C) groups is 1. The molecule has 0 bridgehead atoms. The quantitative estimate of drug-likeness (QED) is 0.745. The lowest BCUT2D eigenvalue weighted by Gasteiger charge is -2.07. The maximum atomic E-state index is 5.42. The normalized spacial score (nSPS) is 19.8. The van der Waals surface area contributed by atoms with Crippen LogP contribution in [0.25, 0.3) is 0 Å². The van der Waals surface area contributed by atoms with Crippen molar-refractivity contribution in [3.63, 3.8) is 0 Å². The van der Waals surface area contributed by atoms with Gasteiger partial charge in [0.25, 0.3) is 5.90 Å². The van der Waals surface area contributed by atoms with Crippen molar-refractivity contribution in [2.24, 2.45) is 4.99 Å². The molecule has 3 nitrogen and oxygen atoms in total. The molecule has 0 spiro atoms. The second-order valence-corrected chi connectivity index (χ2v) is 4.69. The van der Waals surface area contributed by atoms with E-state index < -0.39 is 0 Å². The molecule has 2 rings (SSSR count). The Morgan fingerprint density at radius 1 is 1.46 bits per heavy atom. The minimum atomic E-state index is -0.118. The van der Waals surface area contributed by atoms with E-state index in [0.717, 1.165) is 9.53 Å². The van der Waals surface area contributed by atoms with Gasteiger partial charge in [-0.1, -0.05) is 0 Å². The van der Waals surface area contributed by atoms with Crippen LogP contribution in [0.4, 0.5) is 0 Å². The lowest BCUT2D eigenvalue weighted by molar-refractivity contribution is 0.275. The molecule has 0 aliphatic carbocycles. The molecule has 2 heterocycles. The minimum absolute atomic E-state index is 0.118. The molecule has 1 aliphatic rings. The first kappa shape index (κ1) is 9.05.